The van der Waals surface area contributed by atoms with Gasteiger partial charge in [-0.05, 0) is 37.1 Å². The summed E-state index contributed by atoms with van der Waals surface area (Å²) in [5.74, 6) is -0.175. The molecule has 1 amide bonds. The fourth-order valence-corrected chi connectivity index (χ4v) is 2.39. The van der Waals surface area contributed by atoms with Gasteiger partial charge in [-0.3, -0.25) is 4.79 Å². The average Bonchev–Trinajstić information content (AvgIpc) is 2.41. The fourth-order valence-electron chi connectivity index (χ4n) is 1.95. The van der Waals surface area contributed by atoms with E-state index in [0.717, 1.165) is 5.56 Å². The molecule has 0 saturated carbocycles. The van der Waals surface area contributed by atoms with Crippen molar-refractivity contribution in [2.24, 2.45) is 0 Å². The second kappa shape index (κ2) is 6.68. The summed E-state index contributed by atoms with van der Waals surface area (Å²) in [6.45, 7) is 1.94. The van der Waals surface area contributed by atoms with Crippen LogP contribution in [0.3, 0.4) is 0 Å². The summed E-state index contributed by atoms with van der Waals surface area (Å²) >= 11 is 11.2. The summed E-state index contributed by atoms with van der Waals surface area (Å²) < 4.78 is 0.440. The lowest BCUT2D eigenvalue weighted by Crippen LogP contribution is -2.34. The van der Waals surface area contributed by atoms with E-state index in [1.54, 1.807) is 18.3 Å². The van der Waals surface area contributed by atoms with E-state index < -0.39 is 0 Å². The maximum Gasteiger partial charge on any atom is 0.254 e. The Morgan fingerprint density at radius 2 is 2.10 bits per heavy atom. The predicted molar refractivity (Wildman–Crippen MR) is 83.7 cm³/mol. The first-order chi connectivity index (χ1) is 9.58. The van der Waals surface area contributed by atoms with Crippen molar-refractivity contribution in [3.05, 3.63) is 63.4 Å². The van der Waals surface area contributed by atoms with Crippen molar-refractivity contribution in [1.82, 2.24) is 10.3 Å². The van der Waals surface area contributed by atoms with E-state index in [-0.39, 0.29) is 11.9 Å². The molecule has 2 rings (SSSR count). The van der Waals surface area contributed by atoms with Crippen LogP contribution in [0.4, 0.5) is 0 Å². The normalized spacial score (nSPS) is 11.9. The van der Waals surface area contributed by atoms with Crippen molar-refractivity contribution in [3.63, 3.8) is 0 Å². The van der Waals surface area contributed by atoms with Gasteiger partial charge < -0.3 is 10.3 Å². The van der Waals surface area contributed by atoms with E-state index in [2.05, 4.69) is 10.3 Å². The van der Waals surface area contributed by atoms with Gasteiger partial charge >= 0.3 is 0 Å². The Kier molecular flexibility index (Phi) is 4.93. The number of benzene rings is 1. The van der Waals surface area contributed by atoms with Gasteiger partial charge in [-0.15, -0.1) is 0 Å². The average molecular weight is 307 g/mol. The van der Waals surface area contributed by atoms with Gasteiger partial charge in [0.25, 0.3) is 5.91 Å². The number of halogens is 1. The van der Waals surface area contributed by atoms with E-state index in [1.165, 1.54) is 0 Å². The molecule has 5 heteroatoms. The second-order valence-electron chi connectivity index (χ2n) is 4.58. The molecule has 104 valence electrons. The highest BCUT2D eigenvalue weighted by atomic mass is 35.5. The summed E-state index contributed by atoms with van der Waals surface area (Å²) in [6.07, 6.45) is 2.38. The number of nitrogens with one attached hydrogen (secondary N) is 2. The monoisotopic (exact) mass is 306 g/mol. The molecule has 0 aliphatic rings. The maximum atomic E-state index is 12.1. The van der Waals surface area contributed by atoms with Crippen molar-refractivity contribution in [2.45, 2.75) is 19.4 Å². The molecular formula is C15H15ClN2OS. The quantitative estimate of drug-likeness (QED) is 0.845. The van der Waals surface area contributed by atoms with E-state index in [0.29, 0.717) is 21.6 Å². The number of carbonyl (C=O) groups excluding carboxylic acids is 1. The number of carbonyl (C=O) groups is 1. The molecule has 1 atom stereocenters. The van der Waals surface area contributed by atoms with Gasteiger partial charge in [0.1, 0.15) is 4.64 Å². The largest absolute Gasteiger partial charge is 0.352 e. The van der Waals surface area contributed by atoms with Gasteiger partial charge in [0, 0.05) is 17.3 Å². The second-order valence-corrected chi connectivity index (χ2v) is 5.40. The Morgan fingerprint density at radius 3 is 2.80 bits per heavy atom. The number of hydrogen-bond acceptors (Lipinski definition) is 2. The van der Waals surface area contributed by atoms with Gasteiger partial charge in [-0.25, -0.2) is 0 Å². The molecule has 1 heterocycles. The van der Waals surface area contributed by atoms with E-state index in [9.17, 15) is 4.79 Å². The molecule has 0 bridgehead atoms. The maximum absolute atomic E-state index is 12.1. The van der Waals surface area contributed by atoms with Crippen LogP contribution in [-0.2, 0) is 6.42 Å². The molecule has 0 fully saturated rings. The number of H-pyrrole nitrogens is 1. The van der Waals surface area contributed by atoms with Crippen LogP contribution >= 0.6 is 23.8 Å². The Labute approximate surface area is 128 Å². The first-order valence-electron chi connectivity index (χ1n) is 6.30. The number of pyridine rings is 1. The Hall–Kier alpha value is -1.65. The molecule has 1 aromatic carbocycles. The molecule has 0 unspecified atom stereocenters. The molecule has 0 aliphatic carbocycles. The Morgan fingerprint density at radius 1 is 1.35 bits per heavy atom. The van der Waals surface area contributed by atoms with Crippen LogP contribution in [0.15, 0.2) is 42.6 Å². The molecule has 2 aromatic rings. The summed E-state index contributed by atoms with van der Waals surface area (Å²) in [5.41, 5.74) is 1.49. The van der Waals surface area contributed by atoms with Crippen LogP contribution in [0.25, 0.3) is 0 Å². The van der Waals surface area contributed by atoms with Crippen molar-refractivity contribution < 1.29 is 4.79 Å². The van der Waals surface area contributed by atoms with E-state index in [4.69, 9.17) is 23.8 Å². The third-order valence-electron chi connectivity index (χ3n) is 2.92. The molecule has 1 aromatic heterocycles. The predicted octanol–water partition coefficient (Wildman–Crippen LogP) is 3.76. The third kappa shape index (κ3) is 3.68. The fraction of sp³-hybridized carbons (Fsp3) is 0.200. The highest BCUT2D eigenvalue weighted by Crippen LogP contribution is 2.16. The lowest BCUT2D eigenvalue weighted by Gasteiger charge is -2.14. The highest BCUT2D eigenvalue weighted by Gasteiger charge is 2.12. The molecule has 0 radical (unpaired) electrons. The molecule has 0 spiro atoms. The number of rotatable bonds is 4. The molecule has 3 nitrogen and oxygen atoms in total. The zero-order valence-electron chi connectivity index (χ0n) is 11.0. The Balaban J connectivity index is 2.04. The number of aromatic nitrogens is 1. The van der Waals surface area contributed by atoms with Crippen LogP contribution in [0.1, 0.15) is 22.8 Å². The lowest BCUT2D eigenvalue weighted by atomic mass is 10.1. The van der Waals surface area contributed by atoms with Gasteiger partial charge in [-0.1, -0.05) is 42.0 Å². The van der Waals surface area contributed by atoms with E-state index >= 15 is 0 Å². The van der Waals surface area contributed by atoms with Crippen LogP contribution in [-0.4, -0.2) is 16.9 Å². The molecule has 0 saturated heterocycles. The van der Waals surface area contributed by atoms with Crippen molar-refractivity contribution >= 4 is 29.7 Å². The van der Waals surface area contributed by atoms with Crippen LogP contribution in [0, 0.1) is 4.64 Å². The minimum atomic E-state index is -0.175. The van der Waals surface area contributed by atoms with Gasteiger partial charge in [-0.2, -0.15) is 0 Å². The minimum Gasteiger partial charge on any atom is -0.352 e. The summed E-state index contributed by atoms with van der Waals surface area (Å²) in [5, 5.41) is 3.64. The summed E-state index contributed by atoms with van der Waals surface area (Å²) in [4.78, 5) is 15.0. The molecule has 20 heavy (non-hydrogen) atoms. The summed E-state index contributed by atoms with van der Waals surface area (Å²) in [7, 11) is 0. The SMILES string of the molecule is C[C@H](Cc1ccccc1Cl)NC(=O)c1ccc[nH]c1=S. The minimum absolute atomic E-state index is 0.0305. The highest BCUT2D eigenvalue weighted by molar-refractivity contribution is 7.71. The topological polar surface area (TPSA) is 44.9 Å². The molecular weight excluding hydrogens is 292 g/mol. The smallest absolute Gasteiger partial charge is 0.254 e. The first-order valence-corrected chi connectivity index (χ1v) is 7.08. The Bertz CT molecular complexity index is 669. The zero-order chi connectivity index (χ0) is 14.5. The van der Waals surface area contributed by atoms with Crippen LogP contribution in [0.5, 0.6) is 0 Å². The van der Waals surface area contributed by atoms with Gasteiger partial charge in [0.05, 0.1) is 5.56 Å². The number of hydrogen-bond donors (Lipinski definition) is 2. The summed E-state index contributed by atoms with van der Waals surface area (Å²) in [6, 6.07) is 11.1. The van der Waals surface area contributed by atoms with Crippen molar-refractivity contribution in [2.75, 3.05) is 0 Å². The van der Waals surface area contributed by atoms with Gasteiger partial charge in [0.2, 0.25) is 0 Å². The van der Waals surface area contributed by atoms with Crippen LogP contribution < -0.4 is 5.32 Å². The van der Waals surface area contributed by atoms with Crippen molar-refractivity contribution in [1.29, 1.82) is 0 Å². The van der Waals surface area contributed by atoms with E-state index in [1.807, 2.05) is 31.2 Å². The molecule has 2 N–H and O–H groups in total. The lowest BCUT2D eigenvalue weighted by molar-refractivity contribution is 0.0939. The van der Waals surface area contributed by atoms with Crippen LogP contribution in [0.2, 0.25) is 5.02 Å². The number of aromatic amines is 1. The first kappa shape index (κ1) is 14.8. The third-order valence-corrected chi connectivity index (χ3v) is 3.63. The number of amides is 1. The standard InChI is InChI=1S/C15H15ClN2OS/c1-10(9-11-5-2-3-7-13(11)16)18-14(19)12-6-4-8-17-15(12)20/h2-8,10H,9H2,1H3,(H,17,20)(H,18,19)/t10-/m1/s1. The zero-order valence-corrected chi connectivity index (χ0v) is 12.6. The van der Waals surface area contributed by atoms with Crippen molar-refractivity contribution in [3.8, 4) is 0 Å². The van der Waals surface area contributed by atoms with Gasteiger partial charge in [0.15, 0.2) is 0 Å². The molecule has 0 aliphatic heterocycles.